The monoisotopic (exact) mass is 204 g/mol. The molecule has 0 aliphatic heterocycles. The van der Waals surface area contributed by atoms with Crippen LogP contribution in [0.25, 0.3) is 0 Å². The standard InChI is InChI=1S/C13H28.FH/c1-3-5-7-9-11-13-12-10-8-6-4-2;/h3-13H2,1-2H3;1H. The fourth-order valence-corrected chi connectivity index (χ4v) is 1.74. The molecule has 1 heteroatoms. The van der Waals surface area contributed by atoms with Crippen molar-refractivity contribution in [3.05, 3.63) is 0 Å². The summed E-state index contributed by atoms with van der Waals surface area (Å²) in [5, 5.41) is 0. The van der Waals surface area contributed by atoms with Crippen molar-refractivity contribution in [1.82, 2.24) is 0 Å². The Labute approximate surface area is 89.8 Å². The lowest BCUT2D eigenvalue weighted by Gasteiger charge is -2.00. The molecule has 0 spiro atoms. The molecule has 0 atom stereocenters. The molecule has 0 aromatic rings. The third kappa shape index (κ3) is 14.5. The highest BCUT2D eigenvalue weighted by Crippen LogP contribution is 2.10. The van der Waals surface area contributed by atoms with Crippen molar-refractivity contribution in [3.8, 4) is 0 Å². The van der Waals surface area contributed by atoms with Gasteiger partial charge in [0, 0.05) is 0 Å². The third-order valence-electron chi connectivity index (χ3n) is 2.71. The topological polar surface area (TPSA) is 0 Å². The van der Waals surface area contributed by atoms with Crippen molar-refractivity contribution in [1.29, 1.82) is 0 Å². The Bertz CT molecular complexity index is 71.3. The maximum absolute atomic E-state index is 2.28. The predicted molar refractivity (Wildman–Crippen MR) is 64.6 cm³/mol. The van der Waals surface area contributed by atoms with E-state index in [1.165, 1.54) is 70.6 Å². The second-order valence-electron chi connectivity index (χ2n) is 4.18. The van der Waals surface area contributed by atoms with E-state index in [0.717, 1.165) is 0 Å². The molecule has 0 rings (SSSR count). The molecule has 0 aliphatic rings. The minimum atomic E-state index is 0. The molecule has 0 aromatic heterocycles. The van der Waals surface area contributed by atoms with Gasteiger partial charge in [-0.3, -0.25) is 4.70 Å². The fraction of sp³-hybridized carbons (Fsp3) is 1.00. The van der Waals surface area contributed by atoms with Gasteiger partial charge in [0.2, 0.25) is 0 Å². The van der Waals surface area contributed by atoms with Crippen LogP contribution in [0.5, 0.6) is 0 Å². The number of halogens is 1. The zero-order chi connectivity index (χ0) is 9.78. The van der Waals surface area contributed by atoms with Gasteiger partial charge in [-0.2, -0.15) is 0 Å². The molecule has 0 radical (unpaired) electrons. The Hall–Kier alpha value is -0.0700. The van der Waals surface area contributed by atoms with E-state index >= 15 is 0 Å². The van der Waals surface area contributed by atoms with E-state index < -0.39 is 0 Å². The van der Waals surface area contributed by atoms with Crippen molar-refractivity contribution in [2.24, 2.45) is 0 Å². The number of rotatable bonds is 10. The van der Waals surface area contributed by atoms with Crippen LogP contribution in [0.1, 0.15) is 84.5 Å². The molecule has 88 valence electrons. The largest absolute Gasteiger partial charge is 0.269 e. The lowest BCUT2D eigenvalue weighted by Crippen LogP contribution is -1.80. The molecule has 0 nitrogen and oxygen atoms in total. The SMILES string of the molecule is CCCCCCCCCCCCC.F. The van der Waals surface area contributed by atoms with Gasteiger partial charge in [0.1, 0.15) is 0 Å². The van der Waals surface area contributed by atoms with E-state index in [2.05, 4.69) is 13.8 Å². The third-order valence-corrected chi connectivity index (χ3v) is 2.71. The first-order valence-electron chi connectivity index (χ1n) is 6.41. The van der Waals surface area contributed by atoms with Crippen molar-refractivity contribution in [2.45, 2.75) is 84.5 Å². The Morgan fingerprint density at radius 2 is 0.643 bits per heavy atom. The van der Waals surface area contributed by atoms with Crippen LogP contribution in [0, 0.1) is 0 Å². The van der Waals surface area contributed by atoms with Gasteiger partial charge in [-0.05, 0) is 0 Å². The molecule has 0 saturated heterocycles. The van der Waals surface area contributed by atoms with Crippen LogP contribution in [-0.2, 0) is 0 Å². The van der Waals surface area contributed by atoms with Gasteiger partial charge in [-0.15, -0.1) is 0 Å². The van der Waals surface area contributed by atoms with E-state index in [-0.39, 0.29) is 4.70 Å². The fourth-order valence-electron chi connectivity index (χ4n) is 1.74. The first-order valence-corrected chi connectivity index (χ1v) is 6.41. The molecule has 0 amide bonds. The molecular weight excluding hydrogens is 175 g/mol. The molecule has 0 bridgehead atoms. The lowest BCUT2D eigenvalue weighted by atomic mass is 10.1. The van der Waals surface area contributed by atoms with Crippen molar-refractivity contribution >= 4 is 0 Å². The van der Waals surface area contributed by atoms with Gasteiger partial charge >= 0.3 is 0 Å². The average Bonchev–Trinajstić information content (AvgIpc) is 2.16. The zero-order valence-electron chi connectivity index (χ0n) is 10.2. The van der Waals surface area contributed by atoms with Gasteiger partial charge in [0.15, 0.2) is 0 Å². The molecular formula is C13H29F. The average molecular weight is 204 g/mol. The predicted octanol–water partition coefficient (Wildman–Crippen LogP) is 5.47. The van der Waals surface area contributed by atoms with E-state index in [1.54, 1.807) is 0 Å². The van der Waals surface area contributed by atoms with Crippen LogP contribution < -0.4 is 0 Å². The minimum absolute atomic E-state index is 0. The van der Waals surface area contributed by atoms with Crippen LogP contribution in [0.2, 0.25) is 0 Å². The Balaban J connectivity index is 0. The van der Waals surface area contributed by atoms with Crippen molar-refractivity contribution in [3.63, 3.8) is 0 Å². The summed E-state index contributed by atoms with van der Waals surface area (Å²) in [6, 6.07) is 0. The Kier molecular flexibility index (Phi) is 18.0. The van der Waals surface area contributed by atoms with E-state index in [1.807, 2.05) is 0 Å². The second-order valence-corrected chi connectivity index (χ2v) is 4.18. The van der Waals surface area contributed by atoms with Crippen molar-refractivity contribution in [2.75, 3.05) is 0 Å². The smallest absolute Gasteiger partial charge is 0.0533 e. The first-order chi connectivity index (χ1) is 6.41. The van der Waals surface area contributed by atoms with Crippen LogP contribution in [0.3, 0.4) is 0 Å². The number of hydrogen-bond acceptors (Lipinski definition) is 0. The maximum atomic E-state index is 2.28. The molecule has 14 heavy (non-hydrogen) atoms. The lowest BCUT2D eigenvalue weighted by molar-refractivity contribution is 0.554. The summed E-state index contributed by atoms with van der Waals surface area (Å²) in [4.78, 5) is 0. The molecule has 0 unspecified atom stereocenters. The number of hydrogen-bond donors (Lipinski definition) is 0. The van der Waals surface area contributed by atoms with Gasteiger partial charge in [0.25, 0.3) is 0 Å². The van der Waals surface area contributed by atoms with Crippen LogP contribution >= 0.6 is 0 Å². The summed E-state index contributed by atoms with van der Waals surface area (Å²) in [6.07, 6.45) is 15.9. The molecule has 0 heterocycles. The first kappa shape index (κ1) is 16.4. The molecule has 0 N–H and O–H groups in total. The highest BCUT2D eigenvalue weighted by molar-refractivity contribution is 4.46. The summed E-state index contributed by atoms with van der Waals surface area (Å²) in [5.41, 5.74) is 0. The molecule has 0 saturated carbocycles. The zero-order valence-corrected chi connectivity index (χ0v) is 10.2. The molecule has 0 fully saturated rings. The molecule has 0 aliphatic carbocycles. The highest BCUT2D eigenvalue weighted by atomic mass is 19.0. The number of unbranched alkanes of at least 4 members (excludes halogenated alkanes) is 10. The highest BCUT2D eigenvalue weighted by Gasteiger charge is 1.90. The van der Waals surface area contributed by atoms with Gasteiger partial charge in [-0.25, -0.2) is 0 Å². The summed E-state index contributed by atoms with van der Waals surface area (Å²) in [7, 11) is 0. The van der Waals surface area contributed by atoms with Crippen LogP contribution in [0.15, 0.2) is 0 Å². The minimum Gasteiger partial charge on any atom is -0.269 e. The van der Waals surface area contributed by atoms with E-state index in [4.69, 9.17) is 0 Å². The maximum Gasteiger partial charge on any atom is -0.0533 e. The normalized spacial score (nSPS) is 9.86. The van der Waals surface area contributed by atoms with Gasteiger partial charge < -0.3 is 0 Å². The Morgan fingerprint density at radius 3 is 0.857 bits per heavy atom. The van der Waals surface area contributed by atoms with E-state index in [0.29, 0.717) is 0 Å². The van der Waals surface area contributed by atoms with E-state index in [9.17, 15) is 0 Å². The molecule has 0 aromatic carbocycles. The quantitative estimate of drug-likeness (QED) is 0.414. The second kappa shape index (κ2) is 15.4. The summed E-state index contributed by atoms with van der Waals surface area (Å²) in [6.45, 7) is 4.56. The Morgan fingerprint density at radius 1 is 0.429 bits per heavy atom. The van der Waals surface area contributed by atoms with Crippen molar-refractivity contribution < 1.29 is 4.70 Å². The summed E-state index contributed by atoms with van der Waals surface area (Å²) >= 11 is 0. The van der Waals surface area contributed by atoms with Crippen LogP contribution in [0.4, 0.5) is 4.70 Å². The van der Waals surface area contributed by atoms with Crippen LogP contribution in [-0.4, -0.2) is 0 Å². The van der Waals surface area contributed by atoms with Gasteiger partial charge in [0.05, 0.1) is 0 Å². The van der Waals surface area contributed by atoms with Gasteiger partial charge in [-0.1, -0.05) is 84.5 Å². The summed E-state index contributed by atoms with van der Waals surface area (Å²) in [5.74, 6) is 0. The summed E-state index contributed by atoms with van der Waals surface area (Å²) < 4.78 is 0.